The van der Waals surface area contributed by atoms with E-state index in [0.29, 0.717) is 5.41 Å². The van der Waals surface area contributed by atoms with Gasteiger partial charge in [0.05, 0.1) is 0 Å². The van der Waals surface area contributed by atoms with Crippen LogP contribution < -0.4 is 0 Å². The van der Waals surface area contributed by atoms with Gasteiger partial charge in [0.2, 0.25) is 0 Å². The number of rotatable bonds is 2. The summed E-state index contributed by atoms with van der Waals surface area (Å²) < 4.78 is 0. The van der Waals surface area contributed by atoms with Crippen LogP contribution in [0.1, 0.15) is 72.6 Å². The van der Waals surface area contributed by atoms with E-state index in [1.54, 1.807) is 0 Å². The zero-order valence-corrected chi connectivity index (χ0v) is 16.6. The Kier molecular flexibility index (Phi) is 8.60. The predicted molar refractivity (Wildman–Crippen MR) is 101 cm³/mol. The third kappa shape index (κ3) is 7.22. The Bertz CT molecular complexity index is 254. The number of hydrogen-bond acceptors (Lipinski definition) is 0. The fraction of sp³-hybridized carbons (Fsp3) is 1.00. The molecular weight excluding hydrogens is 278 g/mol. The molecule has 0 heterocycles. The molecule has 4 unspecified atom stereocenters. The maximum absolute atomic E-state index is 2.89. The molecule has 20 heavy (non-hydrogen) atoms. The highest BCUT2D eigenvalue weighted by Crippen LogP contribution is 2.42. The van der Waals surface area contributed by atoms with Crippen LogP contribution in [-0.4, -0.2) is 12.3 Å². The molecule has 120 valence electrons. The SMILES string of the molecule is CC1CC(CP)CC(C)(C)C1.CC1CCC(CP)CC1. The van der Waals surface area contributed by atoms with E-state index in [1.807, 2.05) is 0 Å². The van der Waals surface area contributed by atoms with Gasteiger partial charge in [0.25, 0.3) is 0 Å². The van der Waals surface area contributed by atoms with Crippen molar-refractivity contribution in [3.8, 4) is 0 Å². The van der Waals surface area contributed by atoms with Crippen molar-refractivity contribution in [1.82, 2.24) is 0 Å². The lowest BCUT2D eigenvalue weighted by molar-refractivity contribution is 0.145. The van der Waals surface area contributed by atoms with Gasteiger partial charge in [0.1, 0.15) is 0 Å². The zero-order chi connectivity index (χ0) is 15.2. The molecule has 2 fully saturated rings. The first-order valence-electron chi connectivity index (χ1n) is 8.76. The van der Waals surface area contributed by atoms with E-state index in [-0.39, 0.29) is 0 Å². The van der Waals surface area contributed by atoms with Gasteiger partial charge in [-0.05, 0) is 73.5 Å². The molecule has 0 aliphatic heterocycles. The Labute approximate surface area is 133 Å². The molecule has 0 aromatic rings. The van der Waals surface area contributed by atoms with E-state index < -0.39 is 0 Å². The largest absolute Gasteiger partial charge is 0.137 e. The third-order valence-corrected chi connectivity index (χ3v) is 6.61. The quantitative estimate of drug-likeness (QED) is 0.547. The molecule has 0 bridgehead atoms. The predicted octanol–water partition coefficient (Wildman–Crippen LogP) is 6.01. The highest BCUT2D eigenvalue weighted by atomic mass is 31.0. The van der Waals surface area contributed by atoms with Crippen molar-refractivity contribution in [2.24, 2.45) is 29.1 Å². The summed E-state index contributed by atoms with van der Waals surface area (Å²) in [6.07, 6.45) is 12.8. The summed E-state index contributed by atoms with van der Waals surface area (Å²) in [6, 6.07) is 0. The standard InChI is InChI=1S/C10H21P.C8H17P/c1-8-4-9(7-11)6-10(2,3)5-8;1-7-2-4-8(6-9)5-3-7/h8-9H,4-7,11H2,1-3H3;7-8H,2-6,9H2,1H3. The Morgan fingerprint density at radius 3 is 1.80 bits per heavy atom. The van der Waals surface area contributed by atoms with E-state index in [4.69, 9.17) is 0 Å². The molecule has 2 aliphatic rings. The Hall–Kier alpha value is 0.860. The molecule has 0 N–H and O–H groups in total. The highest BCUT2D eigenvalue weighted by Gasteiger charge is 2.30. The first-order valence-corrected chi connectivity index (χ1v) is 10.4. The molecular formula is C18H38P2. The first-order chi connectivity index (χ1) is 9.36. The lowest BCUT2D eigenvalue weighted by Gasteiger charge is -2.38. The fourth-order valence-corrected chi connectivity index (χ4v) is 5.12. The van der Waals surface area contributed by atoms with E-state index in [1.165, 1.54) is 57.3 Å². The molecule has 0 radical (unpaired) electrons. The van der Waals surface area contributed by atoms with Crippen molar-refractivity contribution < 1.29 is 0 Å². The summed E-state index contributed by atoms with van der Waals surface area (Å²) in [5.74, 6) is 3.96. The molecule has 4 atom stereocenters. The second-order valence-electron chi connectivity index (χ2n) is 8.38. The summed E-state index contributed by atoms with van der Waals surface area (Å²) in [4.78, 5) is 0. The molecule has 2 saturated carbocycles. The van der Waals surface area contributed by atoms with Crippen LogP contribution in [0, 0.1) is 29.1 Å². The molecule has 2 aliphatic carbocycles. The van der Waals surface area contributed by atoms with Crippen LogP contribution in [0.4, 0.5) is 0 Å². The summed E-state index contributed by atoms with van der Waals surface area (Å²) in [6.45, 7) is 9.60. The van der Waals surface area contributed by atoms with E-state index >= 15 is 0 Å². The monoisotopic (exact) mass is 316 g/mol. The smallest absolute Gasteiger partial charge is 0.0349 e. The normalized spacial score (nSPS) is 36.9. The first kappa shape index (κ1) is 18.9. The van der Waals surface area contributed by atoms with Gasteiger partial charge in [-0.15, -0.1) is 18.5 Å². The van der Waals surface area contributed by atoms with Gasteiger partial charge < -0.3 is 0 Å². The minimum Gasteiger partial charge on any atom is -0.137 e. The van der Waals surface area contributed by atoms with Crippen molar-refractivity contribution in [3.05, 3.63) is 0 Å². The van der Waals surface area contributed by atoms with Gasteiger partial charge in [0, 0.05) is 0 Å². The lowest BCUT2D eigenvalue weighted by atomic mass is 9.68. The van der Waals surface area contributed by atoms with Gasteiger partial charge in [-0.25, -0.2) is 0 Å². The maximum atomic E-state index is 2.89. The van der Waals surface area contributed by atoms with E-state index in [9.17, 15) is 0 Å². The minimum absolute atomic E-state index is 0.610. The number of hydrogen-bond donors (Lipinski definition) is 0. The molecule has 0 spiro atoms. The van der Waals surface area contributed by atoms with E-state index in [2.05, 4.69) is 46.2 Å². The van der Waals surface area contributed by atoms with Crippen LogP contribution in [0.5, 0.6) is 0 Å². The molecule has 2 rings (SSSR count). The van der Waals surface area contributed by atoms with Crippen LogP contribution in [0.2, 0.25) is 0 Å². The molecule has 0 saturated heterocycles. The minimum atomic E-state index is 0.610. The van der Waals surface area contributed by atoms with Crippen LogP contribution in [0.15, 0.2) is 0 Å². The van der Waals surface area contributed by atoms with Crippen molar-refractivity contribution >= 4 is 18.5 Å². The van der Waals surface area contributed by atoms with Crippen molar-refractivity contribution in [1.29, 1.82) is 0 Å². The van der Waals surface area contributed by atoms with Crippen LogP contribution in [0.3, 0.4) is 0 Å². The van der Waals surface area contributed by atoms with Crippen LogP contribution in [-0.2, 0) is 0 Å². The summed E-state index contributed by atoms with van der Waals surface area (Å²) in [5, 5.41) is 0. The van der Waals surface area contributed by atoms with E-state index in [0.717, 1.165) is 23.7 Å². The molecule has 0 nitrogen and oxygen atoms in total. The average molecular weight is 316 g/mol. The average Bonchev–Trinajstić information content (AvgIpc) is 2.38. The highest BCUT2D eigenvalue weighted by molar-refractivity contribution is 7.16. The maximum Gasteiger partial charge on any atom is -0.0349 e. The summed E-state index contributed by atoms with van der Waals surface area (Å²) >= 11 is 0. The molecule has 0 aromatic heterocycles. The van der Waals surface area contributed by atoms with Crippen molar-refractivity contribution in [2.75, 3.05) is 12.3 Å². The Balaban J connectivity index is 0.000000204. The fourth-order valence-electron chi connectivity index (χ4n) is 4.29. The second kappa shape index (κ2) is 9.10. The van der Waals surface area contributed by atoms with Gasteiger partial charge in [-0.1, -0.05) is 40.5 Å². The topological polar surface area (TPSA) is 0 Å². The van der Waals surface area contributed by atoms with Crippen molar-refractivity contribution in [3.63, 3.8) is 0 Å². The summed E-state index contributed by atoms with van der Waals surface area (Å²) in [7, 11) is 5.75. The van der Waals surface area contributed by atoms with Gasteiger partial charge in [0.15, 0.2) is 0 Å². The lowest BCUT2D eigenvalue weighted by Crippen LogP contribution is -2.28. The Morgan fingerprint density at radius 2 is 1.35 bits per heavy atom. The molecule has 0 amide bonds. The van der Waals surface area contributed by atoms with Crippen LogP contribution >= 0.6 is 18.5 Å². The summed E-state index contributed by atoms with van der Waals surface area (Å²) in [5.41, 5.74) is 0.610. The van der Waals surface area contributed by atoms with Crippen LogP contribution in [0.25, 0.3) is 0 Å². The van der Waals surface area contributed by atoms with Gasteiger partial charge in [-0.2, -0.15) is 0 Å². The zero-order valence-electron chi connectivity index (χ0n) is 14.3. The second-order valence-corrected chi connectivity index (χ2v) is 9.32. The molecule has 2 heteroatoms. The van der Waals surface area contributed by atoms with Gasteiger partial charge in [-0.3, -0.25) is 0 Å². The Morgan fingerprint density at radius 1 is 0.800 bits per heavy atom. The van der Waals surface area contributed by atoms with Crippen molar-refractivity contribution in [2.45, 2.75) is 72.6 Å². The molecule has 0 aromatic carbocycles. The third-order valence-electron chi connectivity index (χ3n) is 5.28. The van der Waals surface area contributed by atoms with Gasteiger partial charge >= 0.3 is 0 Å².